The summed E-state index contributed by atoms with van der Waals surface area (Å²) in [6.45, 7) is 5.42. The van der Waals surface area contributed by atoms with Crippen molar-refractivity contribution >= 4 is 11.0 Å². The van der Waals surface area contributed by atoms with E-state index in [-0.39, 0.29) is 18.8 Å². The average molecular weight is 278 g/mol. The maximum absolute atomic E-state index is 13.0. The largest absolute Gasteiger partial charge is 0.248 e. The third-order valence-corrected chi connectivity index (χ3v) is 4.74. The van der Waals surface area contributed by atoms with Crippen LogP contribution in [-0.4, -0.2) is 20.9 Å². The molecule has 3 nitrogen and oxygen atoms in total. The van der Waals surface area contributed by atoms with Crippen molar-refractivity contribution in [1.29, 1.82) is 5.26 Å². The van der Waals surface area contributed by atoms with Crippen LogP contribution in [0.25, 0.3) is 0 Å². The summed E-state index contributed by atoms with van der Waals surface area (Å²) < 4.78 is 40.3. The van der Waals surface area contributed by atoms with E-state index in [4.69, 9.17) is 5.26 Å². The summed E-state index contributed by atoms with van der Waals surface area (Å²) in [6.07, 6.45) is 0.249. The number of rotatable bonds is 3. The van der Waals surface area contributed by atoms with Crippen LogP contribution in [0.1, 0.15) is 46.5 Å². The van der Waals surface area contributed by atoms with Crippen molar-refractivity contribution in [2.75, 3.05) is 0 Å². The Hall–Kier alpha value is -0.540. The van der Waals surface area contributed by atoms with Gasteiger partial charge in [-0.25, -0.2) is 17.7 Å². The lowest BCUT2D eigenvalue weighted by molar-refractivity contribution is -0.0469. The van der Waals surface area contributed by atoms with Gasteiger partial charge >= 0.3 is 0 Å². The summed E-state index contributed by atoms with van der Waals surface area (Å²) in [7, 11) is -1.35. The van der Waals surface area contributed by atoms with Crippen molar-refractivity contribution in [3.8, 4) is 6.07 Å². The Bertz CT molecular complexity index is 350. The molecule has 1 rings (SSSR count). The second-order valence-corrected chi connectivity index (χ2v) is 7.80. The number of nitrogens with zero attached hydrogens (tertiary/aromatic N) is 1. The molecule has 1 aliphatic rings. The lowest BCUT2D eigenvalue weighted by Crippen LogP contribution is -2.44. The van der Waals surface area contributed by atoms with Gasteiger partial charge in [-0.05, 0) is 39.5 Å². The number of halogens is 2. The zero-order valence-electron chi connectivity index (χ0n) is 11.0. The first kappa shape index (κ1) is 15.5. The van der Waals surface area contributed by atoms with Crippen LogP contribution in [0.3, 0.4) is 0 Å². The molecular weight excluding hydrogens is 258 g/mol. The van der Waals surface area contributed by atoms with Crippen LogP contribution in [-0.2, 0) is 11.0 Å². The normalized spacial score (nSPS) is 24.2. The Morgan fingerprint density at radius 2 is 1.89 bits per heavy atom. The number of alkyl halides is 2. The Morgan fingerprint density at radius 3 is 2.28 bits per heavy atom. The maximum Gasteiger partial charge on any atom is 0.248 e. The molecule has 0 spiro atoms. The standard InChI is InChI=1S/C12H20F2N2OS/c1-11(2,3)18(17)16-10(8-15)9-4-6-12(13,14)7-5-9/h9-10,16H,4-7H2,1-3H3/t10-,18-/m1/s1. The Kier molecular flexibility index (Phi) is 4.84. The molecule has 1 saturated carbocycles. The average Bonchev–Trinajstić information content (AvgIpc) is 2.24. The third kappa shape index (κ3) is 4.29. The second kappa shape index (κ2) is 5.62. The summed E-state index contributed by atoms with van der Waals surface area (Å²) in [4.78, 5) is 0. The third-order valence-electron chi connectivity index (χ3n) is 3.16. The first-order chi connectivity index (χ1) is 8.15. The quantitative estimate of drug-likeness (QED) is 0.863. The molecule has 0 radical (unpaired) electrons. The van der Waals surface area contributed by atoms with Gasteiger partial charge in [0.05, 0.1) is 21.8 Å². The molecule has 0 saturated heterocycles. The van der Waals surface area contributed by atoms with Crippen molar-refractivity contribution in [1.82, 2.24) is 4.72 Å². The second-order valence-electron chi connectivity index (χ2n) is 5.80. The van der Waals surface area contributed by atoms with E-state index in [0.717, 1.165) is 0 Å². The molecule has 0 amide bonds. The molecule has 0 aromatic carbocycles. The van der Waals surface area contributed by atoms with E-state index in [0.29, 0.717) is 12.8 Å². The number of nitrogens with one attached hydrogen (secondary N) is 1. The van der Waals surface area contributed by atoms with Crippen molar-refractivity contribution in [3.63, 3.8) is 0 Å². The fourth-order valence-electron chi connectivity index (χ4n) is 1.92. The van der Waals surface area contributed by atoms with Crippen LogP contribution in [0.2, 0.25) is 0 Å². The van der Waals surface area contributed by atoms with E-state index in [2.05, 4.69) is 10.8 Å². The minimum absolute atomic E-state index is 0.138. The highest BCUT2D eigenvalue weighted by atomic mass is 32.2. The molecule has 1 fully saturated rings. The van der Waals surface area contributed by atoms with E-state index >= 15 is 0 Å². The Morgan fingerprint density at radius 1 is 1.39 bits per heavy atom. The van der Waals surface area contributed by atoms with E-state index in [1.54, 1.807) is 20.8 Å². The molecule has 18 heavy (non-hydrogen) atoms. The predicted octanol–water partition coefficient (Wildman–Crippen LogP) is 2.76. The summed E-state index contributed by atoms with van der Waals surface area (Å²) in [6, 6.07) is 1.44. The van der Waals surface area contributed by atoms with Crippen LogP contribution in [0, 0.1) is 17.2 Å². The molecule has 0 heterocycles. The maximum atomic E-state index is 13.0. The Labute approximate surface area is 110 Å². The highest BCUT2D eigenvalue weighted by molar-refractivity contribution is 7.84. The van der Waals surface area contributed by atoms with E-state index in [9.17, 15) is 13.0 Å². The van der Waals surface area contributed by atoms with Crippen molar-refractivity contribution < 1.29 is 13.0 Å². The van der Waals surface area contributed by atoms with Crippen molar-refractivity contribution in [3.05, 3.63) is 0 Å². The summed E-state index contributed by atoms with van der Waals surface area (Å²) in [5.74, 6) is -2.74. The molecule has 1 aliphatic carbocycles. The molecule has 0 unspecified atom stereocenters. The van der Waals surface area contributed by atoms with Gasteiger partial charge in [-0.15, -0.1) is 0 Å². The fraction of sp³-hybridized carbons (Fsp3) is 0.917. The van der Waals surface area contributed by atoms with Gasteiger partial charge in [0.15, 0.2) is 0 Å². The minimum atomic E-state index is -2.60. The molecule has 0 aromatic rings. The molecule has 0 bridgehead atoms. The predicted molar refractivity (Wildman–Crippen MR) is 67.3 cm³/mol. The van der Waals surface area contributed by atoms with Crippen LogP contribution < -0.4 is 4.72 Å². The van der Waals surface area contributed by atoms with E-state index in [1.165, 1.54) is 0 Å². The highest BCUT2D eigenvalue weighted by Crippen LogP contribution is 2.37. The van der Waals surface area contributed by atoms with Gasteiger partial charge in [0, 0.05) is 12.8 Å². The molecule has 104 valence electrons. The molecule has 6 heteroatoms. The summed E-state index contributed by atoms with van der Waals surface area (Å²) >= 11 is 0. The Balaban J connectivity index is 2.59. The van der Waals surface area contributed by atoms with Crippen LogP contribution >= 0.6 is 0 Å². The van der Waals surface area contributed by atoms with Crippen LogP contribution in [0.15, 0.2) is 0 Å². The van der Waals surface area contributed by atoms with E-state index < -0.39 is 27.7 Å². The zero-order valence-corrected chi connectivity index (χ0v) is 11.8. The monoisotopic (exact) mass is 278 g/mol. The first-order valence-corrected chi connectivity index (χ1v) is 7.26. The van der Waals surface area contributed by atoms with Gasteiger partial charge in [-0.1, -0.05) is 0 Å². The summed E-state index contributed by atoms with van der Waals surface area (Å²) in [5.41, 5.74) is 0. The van der Waals surface area contributed by atoms with Gasteiger partial charge in [0.2, 0.25) is 5.92 Å². The minimum Gasteiger partial charge on any atom is -0.242 e. The zero-order chi connectivity index (χ0) is 14.0. The van der Waals surface area contributed by atoms with Gasteiger partial charge in [0.25, 0.3) is 0 Å². The topological polar surface area (TPSA) is 52.9 Å². The first-order valence-electron chi connectivity index (χ1n) is 6.11. The number of hydrogen-bond acceptors (Lipinski definition) is 2. The fourth-order valence-corrected chi connectivity index (χ4v) is 2.75. The van der Waals surface area contributed by atoms with Gasteiger partial charge in [-0.2, -0.15) is 5.26 Å². The van der Waals surface area contributed by atoms with Crippen LogP contribution in [0.5, 0.6) is 0 Å². The van der Waals surface area contributed by atoms with E-state index in [1.807, 2.05) is 0 Å². The molecule has 1 N–H and O–H groups in total. The molecular formula is C12H20F2N2OS. The molecule has 0 aliphatic heterocycles. The van der Waals surface area contributed by atoms with Crippen LogP contribution in [0.4, 0.5) is 8.78 Å². The van der Waals surface area contributed by atoms with Gasteiger partial charge in [0.1, 0.15) is 6.04 Å². The van der Waals surface area contributed by atoms with Crippen molar-refractivity contribution in [2.45, 2.75) is 63.2 Å². The SMILES string of the molecule is CC(C)(C)[S@@](=O)N[C@H](C#N)C1CCC(F)(F)CC1. The van der Waals surface area contributed by atoms with Gasteiger partial charge in [-0.3, -0.25) is 0 Å². The number of hydrogen-bond donors (Lipinski definition) is 1. The summed E-state index contributed by atoms with van der Waals surface area (Å²) in [5, 5.41) is 9.09. The smallest absolute Gasteiger partial charge is 0.242 e. The number of nitriles is 1. The highest BCUT2D eigenvalue weighted by Gasteiger charge is 2.38. The molecule has 2 atom stereocenters. The van der Waals surface area contributed by atoms with Crippen molar-refractivity contribution in [2.24, 2.45) is 5.92 Å². The van der Waals surface area contributed by atoms with Gasteiger partial charge < -0.3 is 0 Å². The lowest BCUT2D eigenvalue weighted by atomic mass is 9.83. The lowest BCUT2D eigenvalue weighted by Gasteiger charge is -2.32. The molecule has 0 aromatic heterocycles.